The first-order chi connectivity index (χ1) is 12.0. The monoisotopic (exact) mass is 346 g/mol. The summed E-state index contributed by atoms with van der Waals surface area (Å²) >= 11 is 0. The number of anilines is 2. The smallest absolute Gasteiger partial charge is 0.239 e. The normalized spacial score (nSPS) is 20.7. The zero-order valence-corrected chi connectivity index (χ0v) is 15.7. The van der Waals surface area contributed by atoms with Gasteiger partial charge in [-0.15, -0.1) is 0 Å². The van der Waals surface area contributed by atoms with Crippen molar-refractivity contribution in [3.63, 3.8) is 0 Å². The van der Waals surface area contributed by atoms with E-state index in [1.165, 1.54) is 0 Å². The lowest BCUT2D eigenvalue weighted by atomic mass is 10.2. The van der Waals surface area contributed by atoms with Crippen molar-refractivity contribution < 1.29 is 4.79 Å². The number of hydrogen-bond donors (Lipinski definition) is 1. The van der Waals surface area contributed by atoms with Gasteiger partial charge in [0.05, 0.1) is 6.54 Å². The molecule has 1 N–H and O–H groups in total. The molecule has 1 amide bonds. The van der Waals surface area contributed by atoms with Crippen molar-refractivity contribution in [1.29, 1.82) is 0 Å². The van der Waals surface area contributed by atoms with Crippen LogP contribution >= 0.6 is 0 Å². The van der Waals surface area contributed by atoms with E-state index in [1.54, 1.807) is 0 Å². The number of pyridine rings is 1. The number of hydrogen-bond acceptors (Lipinski definition) is 6. The fourth-order valence-electron chi connectivity index (χ4n) is 3.32. The second-order valence-electron chi connectivity index (χ2n) is 7.25. The Hall–Kier alpha value is -1.70. The Morgan fingerprint density at radius 1 is 1.00 bits per heavy atom. The summed E-state index contributed by atoms with van der Waals surface area (Å²) in [5.41, 5.74) is 1.15. The Morgan fingerprint density at radius 3 is 2.24 bits per heavy atom. The number of nitrogens with zero attached hydrogens (tertiary/aromatic N) is 5. The van der Waals surface area contributed by atoms with Crippen molar-refractivity contribution >= 4 is 17.5 Å². The third-order valence-electron chi connectivity index (χ3n) is 5.10. The molecule has 138 valence electrons. The van der Waals surface area contributed by atoms with Gasteiger partial charge >= 0.3 is 0 Å². The average molecular weight is 346 g/mol. The van der Waals surface area contributed by atoms with E-state index in [-0.39, 0.29) is 5.91 Å². The van der Waals surface area contributed by atoms with Gasteiger partial charge < -0.3 is 20.0 Å². The third-order valence-corrected chi connectivity index (χ3v) is 5.10. The van der Waals surface area contributed by atoms with E-state index in [9.17, 15) is 4.79 Å². The average Bonchev–Trinajstić information content (AvgIpc) is 2.59. The zero-order chi connectivity index (χ0) is 17.8. The molecule has 0 radical (unpaired) electrons. The van der Waals surface area contributed by atoms with Crippen LogP contribution in [0.2, 0.25) is 0 Å². The van der Waals surface area contributed by atoms with E-state index in [0.717, 1.165) is 63.7 Å². The molecule has 1 aromatic rings. The molecule has 3 rings (SSSR count). The van der Waals surface area contributed by atoms with E-state index in [4.69, 9.17) is 4.98 Å². The highest BCUT2D eigenvalue weighted by Crippen LogP contribution is 2.21. The van der Waals surface area contributed by atoms with E-state index in [0.29, 0.717) is 12.4 Å². The highest BCUT2D eigenvalue weighted by Gasteiger charge is 2.19. The summed E-state index contributed by atoms with van der Waals surface area (Å²) in [7, 11) is 4.26. The van der Waals surface area contributed by atoms with Crippen molar-refractivity contribution in [1.82, 2.24) is 19.7 Å². The van der Waals surface area contributed by atoms with Crippen LogP contribution in [0.15, 0.2) is 12.1 Å². The maximum absolute atomic E-state index is 12.4. The van der Waals surface area contributed by atoms with Crippen LogP contribution in [0.5, 0.6) is 0 Å². The molecular weight excluding hydrogens is 316 g/mol. The highest BCUT2D eigenvalue weighted by molar-refractivity contribution is 5.91. The van der Waals surface area contributed by atoms with Crippen molar-refractivity contribution in [3.05, 3.63) is 17.7 Å². The molecule has 0 aliphatic carbocycles. The number of aryl methyl sites for hydroxylation is 1. The summed E-state index contributed by atoms with van der Waals surface area (Å²) in [5.74, 6) is 1.66. The molecule has 0 atom stereocenters. The first kappa shape index (κ1) is 18.1. The minimum atomic E-state index is 0.0187. The van der Waals surface area contributed by atoms with Crippen LogP contribution in [0.1, 0.15) is 5.56 Å². The maximum atomic E-state index is 12.4. The predicted octanol–water partition coefficient (Wildman–Crippen LogP) is 0.328. The molecule has 1 aromatic heterocycles. The van der Waals surface area contributed by atoms with Crippen LogP contribution in [-0.2, 0) is 4.79 Å². The first-order valence-electron chi connectivity index (χ1n) is 9.13. The molecule has 0 aromatic carbocycles. The standard InChI is InChI=1S/C18H30N6O/c1-15-4-5-16(20-18(15)24-12-8-22(3)9-13-24)19-17(25)14-23-10-6-21(2)7-11-23/h4-5H,6-14H2,1-3H3,(H,19,20,25). The van der Waals surface area contributed by atoms with Gasteiger partial charge in [0.2, 0.25) is 5.91 Å². The van der Waals surface area contributed by atoms with Gasteiger partial charge in [-0.05, 0) is 32.6 Å². The lowest BCUT2D eigenvalue weighted by Crippen LogP contribution is -2.47. The summed E-state index contributed by atoms with van der Waals surface area (Å²) in [6.45, 7) is 10.5. The molecule has 0 saturated carbocycles. The van der Waals surface area contributed by atoms with Crippen molar-refractivity contribution in [2.45, 2.75) is 6.92 Å². The second kappa shape index (κ2) is 8.12. The Morgan fingerprint density at radius 2 is 1.60 bits per heavy atom. The van der Waals surface area contributed by atoms with E-state index < -0.39 is 0 Å². The minimum Gasteiger partial charge on any atom is -0.354 e. The Kier molecular flexibility index (Phi) is 5.88. The first-order valence-corrected chi connectivity index (χ1v) is 9.13. The maximum Gasteiger partial charge on any atom is 0.239 e. The quantitative estimate of drug-likeness (QED) is 0.848. The second-order valence-corrected chi connectivity index (χ2v) is 7.25. The fraction of sp³-hybridized carbons (Fsp3) is 0.667. The molecule has 2 aliphatic rings. The molecule has 7 heteroatoms. The van der Waals surface area contributed by atoms with Gasteiger partial charge in [-0.1, -0.05) is 6.07 Å². The van der Waals surface area contributed by atoms with Gasteiger partial charge in [-0.25, -0.2) is 4.98 Å². The van der Waals surface area contributed by atoms with Gasteiger partial charge in [0.15, 0.2) is 0 Å². The van der Waals surface area contributed by atoms with Crippen LogP contribution < -0.4 is 10.2 Å². The lowest BCUT2D eigenvalue weighted by molar-refractivity contribution is -0.117. The number of nitrogens with one attached hydrogen (secondary N) is 1. The number of carbonyl (C=O) groups is 1. The number of carbonyl (C=O) groups excluding carboxylic acids is 1. The van der Waals surface area contributed by atoms with Gasteiger partial charge in [0, 0.05) is 52.4 Å². The summed E-state index contributed by atoms with van der Waals surface area (Å²) < 4.78 is 0. The van der Waals surface area contributed by atoms with Gasteiger partial charge in [-0.3, -0.25) is 9.69 Å². The zero-order valence-electron chi connectivity index (χ0n) is 15.7. The molecule has 0 bridgehead atoms. The topological polar surface area (TPSA) is 55.0 Å². The van der Waals surface area contributed by atoms with E-state index in [1.807, 2.05) is 12.1 Å². The molecule has 0 spiro atoms. The summed E-state index contributed by atoms with van der Waals surface area (Å²) in [6, 6.07) is 3.95. The highest BCUT2D eigenvalue weighted by atomic mass is 16.2. The van der Waals surface area contributed by atoms with Gasteiger partial charge in [0.25, 0.3) is 0 Å². The summed E-state index contributed by atoms with van der Waals surface area (Å²) in [6.07, 6.45) is 0. The molecule has 0 unspecified atom stereocenters. The molecule has 2 fully saturated rings. The summed E-state index contributed by atoms with van der Waals surface area (Å²) in [4.78, 5) is 26.2. The third kappa shape index (κ3) is 4.90. The van der Waals surface area contributed by atoms with Gasteiger partial charge in [0.1, 0.15) is 11.6 Å². The summed E-state index contributed by atoms with van der Waals surface area (Å²) in [5, 5.41) is 2.97. The van der Waals surface area contributed by atoms with Crippen molar-refractivity contribution in [3.8, 4) is 0 Å². The number of amides is 1. The molecule has 7 nitrogen and oxygen atoms in total. The van der Waals surface area contributed by atoms with Crippen LogP contribution in [0.3, 0.4) is 0 Å². The number of piperazine rings is 2. The predicted molar refractivity (Wildman–Crippen MR) is 101 cm³/mol. The number of rotatable bonds is 4. The van der Waals surface area contributed by atoms with E-state index >= 15 is 0 Å². The molecule has 25 heavy (non-hydrogen) atoms. The molecule has 2 saturated heterocycles. The molecule has 2 aliphatic heterocycles. The van der Waals surface area contributed by atoms with Crippen LogP contribution in [0.4, 0.5) is 11.6 Å². The van der Waals surface area contributed by atoms with Gasteiger partial charge in [-0.2, -0.15) is 0 Å². The molecule has 3 heterocycles. The fourth-order valence-corrected chi connectivity index (χ4v) is 3.32. The molecular formula is C18H30N6O. The van der Waals surface area contributed by atoms with E-state index in [2.05, 4.69) is 45.9 Å². The minimum absolute atomic E-state index is 0.0187. The lowest BCUT2D eigenvalue weighted by Gasteiger charge is -2.34. The van der Waals surface area contributed by atoms with Crippen LogP contribution in [-0.4, -0.2) is 98.6 Å². The van der Waals surface area contributed by atoms with Crippen molar-refractivity contribution in [2.75, 3.05) is 83.2 Å². The Bertz CT molecular complexity index is 591. The Labute approximate surface area is 150 Å². The van der Waals surface area contributed by atoms with Crippen LogP contribution in [0.25, 0.3) is 0 Å². The van der Waals surface area contributed by atoms with Crippen molar-refractivity contribution in [2.24, 2.45) is 0 Å². The SMILES string of the molecule is Cc1ccc(NC(=O)CN2CCN(C)CC2)nc1N1CCN(C)CC1. The number of likely N-dealkylation sites (N-methyl/N-ethyl adjacent to an activating group) is 2. The Balaban J connectivity index is 1.59. The largest absolute Gasteiger partial charge is 0.354 e. The number of aromatic nitrogens is 1. The van der Waals surface area contributed by atoms with Crippen LogP contribution in [0, 0.1) is 6.92 Å².